The van der Waals surface area contributed by atoms with Crippen LogP contribution < -0.4 is 10.2 Å². The summed E-state index contributed by atoms with van der Waals surface area (Å²) in [6, 6.07) is 3.76. The lowest BCUT2D eigenvalue weighted by Gasteiger charge is -2.41. The molecular formula is C21H30N6O2. The standard InChI is InChI=1S/C21H30N6O2/c1-14-10-19(24-18-8-9-22-26-18)25-21(23-14)27-12-16(15-6-4-3-5-7-15)11-17(13-27)20(28)29-2/h8-10,15-17H,3-7,11-13H2,1-2H3,(H2,22,23,24,25,26). The van der Waals surface area contributed by atoms with E-state index in [1.165, 1.54) is 39.2 Å². The van der Waals surface area contributed by atoms with Crippen molar-refractivity contribution in [2.75, 3.05) is 30.4 Å². The Morgan fingerprint density at radius 2 is 2.03 bits per heavy atom. The molecule has 8 heteroatoms. The van der Waals surface area contributed by atoms with Gasteiger partial charge in [-0.1, -0.05) is 32.1 Å². The molecule has 29 heavy (non-hydrogen) atoms. The second kappa shape index (κ2) is 8.80. The van der Waals surface area contributed by atoms with Crippen LogP contribution in [-0.4, -0.2) is 46.3 Å². The van der Waals surface area contributed by atoms with Gasteiger partial charge in [0.05, 0.1) is 19.2 Å². The maximum Gasteiger partial charge on any atom is 0.310 e. The maximum atomic E-state index is 12.4. The molecule has 1 saturated carbocycles. The number of aromatic nitrogens is 4. The molecule has 2 atom stereocenters. The van der Waals surface area contributed by atoms with Crippen LogP contribution >= 0.6 is 0 Å². The first kappa shape index (κ1) is 19.7. The van der Waals surface area contributed by atoms with Crippen LogP contribution in [0.5, 0.6) is 0 Å². The van der Waals surface area contributed by atoms with E-state index in [2.05, 4.69) is 25.4 Å². The number of esters is 1. The molecule has 156 valence electrons. The Morgan fingerprint density at radius 1 is 1.21 bits per heavy atom. The van der Waals surface area contributed by atoms with Gasteiger partial charge in [0, 0.05) is 30.9 Å². The SMILES string of the molecule is COC(=O)C1CC(C2CCCCC2)CN(c2nc(C)cc(Nc3ccn[nH]3)n2)C1. The summed E-state index contributed by atoms with van der Waals surface area (Å²) in [6.07, 6.45) is 9.03. The topological polar surface area (TPSA) is 96.0 Å². The van der Waals surface area contributed by atoms with E-state index in [9.17, 15) is 4.79 Å². The number of rotatable bonds is 5. The smallest absolute Gasteiger partial charge is 0.310 e. The van der Waals surface area contributed by atoms with E-state index >= 15 is 0 Å². The van der Waals surface area contributed by atoms with Crippen LogP contribution in [0.2, 0.25) is 0 Å². The third-order valence-electron chi connectivity index (χ3n) is 6.22. The van der Waals surface area contributed by atoms with Crippen LogP contribution in [0.4, 0.5) is 17.6 Å². The van der Waals surface area contributed by atoms with Gasteiger partial charge in [0.25, 0.3) is 0 Å². The molecule has 0 bridgehead atoms. The van der Waals surface area contributed by atoms with E-state index in [4.69, 9.17) is 9.72 Å². The molecule has 4 rings (SSSR count). The summed E-state index contributed by atoms with van der Waals surface area (Å²) < 4.78 is 5.10. The fraction of sp³-hybridized carbons (Fsp3) is 0.619. The lowest BCUT2D eigenvalue weighted by Crippen LogP contribution is -2.46. The highest BCUT2D eigenvalue weighted by atomic mass is 16.5. The van der Waals surface area contributed by atoms with E-state index in [1.807, 2.05) is 19.1 Å². The van der Waals surface area contributed by atoms with Gasteiger partial charge in [-0.3, -0.25) is 9.89 Å². The Morgan fingerprint density at radius 3 is 2.76 bits per heavy atom. The molecule has 0 spiro atoms. The number of nitrogens with one attached hydrogen (secondary N) is 2. The molecule has 3 heterocycles. The number of carbonyl (C=O) groups is 1. The summed E-state index contributed by atoms with van der Waals surface area (Å²) in [5, 5.41) is 10.1. The zero-order valence-electron chi connectivity index (χ0n) is 17.2. The number of anilines is 3. The molecule has 2 fully saturated rings. The van der Waals surface area contributed by atoms with Gasteiger partial charge < -0.3 is 15.0 Å². The molecule has 2 aromatic heterocycles. The lowest BCUT2D eigenvalue weighted by atomic mass is 9.74. The number of aromatic amines is 1. The van der Waals surface area contributed by atoms with Crippen LogP contribution in [0, 0.1) is 24.7 Å². The van der Waals surface area contributed by atoms with Gasteiger partial charge in [-0.05, 0) is 25.2 Å². The fourth-order valence-electron chi connectivity index (χ4n) is 4.81. The maximum absolute atomic E-state index is 12.4. The zero-order chi connectivity index (χ0) is 20.2. The first-order valence-corrected chi connectivity index (χ1v) is 10.6. The van der Waals surface area contributed by atoms with Crippen molar-refractivity contribution in [3.8, 4) is 0 Å². The normalized spacial score (nSPS) is 23.0. The van der Waals surface area contributed by atoms with Gasteiger partial charge >= 0.3 is 5.97 Å². The molecule has 2 aliphatic rings. The Labute approximate surface area is 171 Å². The van der Waals surface area contributed by atoms with E-state index in [-0.39, 0.29) is 11.9 Å². The van der Waals surface area contributed by atoms with Crippen molar-refractivity contribution < 1.29 is 9.53 Å². The van der Waals surface area contributed by atoms with Gasteiger partial charge in [-0.15, -0.1) is 0 Å². The second-order valence-electron chi connectivity index (χ2n) is 8.31. The summed E-state index contributed by atoms with van der Waals surface area (Å²) in [5.74, 6) is 3.05. The van der Waals surface area contributed by atoms with Crippen LogP contribution in [-0.2, 0) is 9.53 Å². The summed E-state index contributed by atoms with van der Waals surface area (Å²) in [7, 11) is 1.48. The molecule has 1 saturated heterocycles. The van der Waals surface area contributed by atoms with Gasteiger partial charge in [-0.25, -0.2) is 4.98 Å². The van der Waals surface area contributed by atoms with E-state index in [0.717, 1.165) is 24.5 Å². The van der Waals surface area contributed by atoms with Gasteiger partial charge in [0.1, 0.15) is 11.6 Å². The molecule has 2 N–H and O–H groups in total. The lowest BCUT2D eigenvalue weighted by molar-refractivity contribution is -0.146. The third-order valence-corrected chi connectivity index (χ3v) is 6.22. The number of ether oxygens (including phenoxy) is 1. The molecule has 2 unspecified atom stereocenters. The van der Waals surface area contributed by atoms with E-state index in [0.29, 0.717) is 30.1 Å². The highest BCUT2D eigenvalue weighted by molar-refractivity contribution is 5.73. The fourth-order valence-corrected chi connectivity index (χ4v) is 4.81. The van der Waals surface area contributed by atoms with Crippen molar-refractivity contribution in [2.45, 2.75) is 45.4 Å². The molecule has 2 aromatic rings. The predicted octanol–water partition coefficient (Wildman–Crippen LogP) is 3.45. The number of H-pyrrole nitrogens is 1. The Hall–Kier alpha value is -2.64. The van der Waals surface area contributed by atoms with Gasteiger partial charge in [0.2, 0.25) is 5.95 Å². The molecule has 0 aromatic carbocycles. The molecule has 0 amide bonds. The van der Waals surface area contributed by atoms with Crippen molar-refractivity contribution in [3.63, 3.8) is 0 Å². The predicted molar refractivity (Wildman–Crippen MR) is 111 cm³/mol. The minimum absolute atomic E-state index is 0.126. The number of methoxy groups -OCH3 is 1. The van der Waals surface area contributed by atoms with Crippen molar-refractivity contribution in [1.82, 2.24) is 20.2 Å². The van der Waals surface area contributed by atoms with Gasteiger partial charge in [-0.2, -0.15) is 10.1 Å². The minimum Gasteiger partial charge on any atom is -0.469 e. The van der Waals surface area contributed by atoms with Crippen molar-refractivity contribution >= 4 is 23.6 Å². The number of piperidine rings is 1. The van der Waals surface area contributed by atoms with E-state index in [1.54, 1.807) is 6.20 Å². The number of hydrogen-bond acceptors (Lipinski definition) is 7. The highest BCUT2D eigenvalue weighted by Gasteiger charge is 2.37. The molecule has 0 radical (unpaired) electrons. The van der Waals surface area contributed by atoms with Crippen LogP contribution in [0.3, 0.4) is 0 Å². The van der Waals surface area contributed by atoms with Crippen LogP contribution in [0.25, 0.3) is 0 Å². The molecule has 1 aliphatic heterocycles. The van der Waals surface area contributed by atoms with Crippen molar-refractivity contribution in [3.05, 3.63) is 24.0 Å². The average Bonchev–Trinajstić information content (AvgIpc) is 3.26. The van der Waals surface area contributed by atoms with Crippen molar-refractivity contribution in [1.29, 1.82) is 0 Å². The van der Waals surface area contributed by atoms with E-state index < -0.39 is 0 Å². The third kappa shape index (κ3) is 4.68. The van der Waals surface area contributed by atoms with Crippen LogP contribution in [0.1, 0.15) is 44.2 Å². The number of hydrogen-bond donors (Lipinski definition) is 2. The molecule has 1 aliphatic carbocycles. The highest BCUT2D eigenvalue weighted by Crippen LogP contribution is 2.37. The first-order valence-electron chi connectivity index (χ1n) is 10.6. The number of aryl methyl sites for hydroxylation is 1. The van der Waals surface area contributed by atoms with Gasteiger partial charge in [0.15, 0.2) is 0 Å². The monoisotopic (exact) mass is 398 g/mol. The van der Waals surface area contributed by atoms with Crippen molar-refractivity contribution in [2.24, 2.45) is 17.8 Å². The summed E-state index contributed by atoms with van der Waals surface area (Å²) in [4.78, 5) is 24.0. The molecular weight excluding hydrogens is 368 g/mol. The number of nitrogens with zero attached hydrogens (tertiary/aromatic N) is 4. The van der Waals surface area contributed by atoms with Crippen LogP contribution in [0.15, 0.2) is 18.3 Å². The first-order chi connectivity index (χ1) is 14.1. The Kier molecular flexibility index (Phi) is 5.97. The quantitative estimate of drug-likeness (QED) is 0.745. The Balaban J connectivity index is 1.57. The Bertz CT molecular complexity index is 819. The second-order valence-corrected chi connectivity index (χ2v) is 8.31. The average molecular weight is 399 g/mol. The summed E-state index contributed by atoms with van der Waals surface area (Å²) in [6.45, 7) is 3.46. The molecule has 8 nitrogen and oxygen atoms in total. The largest absolute Gasteiger partial charge is 0.469 e. The number of carbonyl (C=O) groups excluding carboxylic acids is 1. The zero-order valence-corrected chi connectivity index (χ0v) is 17.2. The summed E-state index contributed by atoms with van der Waals surface area (Å²) >= 11 is 0. The summed E-state index contributed by atoms with van der Waals surface area (Å²) in [5.41, 5.74) is 0.881. The minimum atomic E-state index is -0.131.